The molecule has 0 N–H and O–H groups in total. The summed E-state index contributed by atoms with van der Waals surface area (Å²) in [5.41, 5.74) is 1.91. The fourth-order valence-electron chi connectivity index (χ4n) is 4.63. The van der Waals surface area contributed by atoms with Gasteiger partial charge in [0, 0.05) is 38.0 Å². The van der Waals surface area contributed by atoms with Crippen molar-refractivity contribution in [2.24, 2.45) is 11.8 Å². The number of likely N-dealkylation sites (tertiary alicyclic amines) is 2. The molecule has 1 amide bonds. The zero-order valence-corrected chi connectivity index (χ0v) is 18.0. The molecule has 2 saturated heterocycles. The standard InChI is InChI=1S/C25H30N2O3/c1-25(2,3)30-24(29)27-16-20-14-26(15-21(17-27)23(20)28)22(18-10-6-4-7-11-18)19-12-8-5-9-13-19/h4-13,20-22H,14-17H2,1-3H3/t20-,21+. The number of ether oxygens (including phenoxy) is 1. The minimum absolute atomic E-state index is 0.0959. The van der Waals surface area contributed by atoms with Gasteiger partial charge in [0.15, 0.2) is 0 Å². The Morgan fingerprint density at radius 3 is 1.77 bits per heavy atom. The van der Waals surface area contributed by atoms with Crippen LogP contribution in [0.25, 0.3) is 0 Å². The highest BCUT2D eigenvalue weighted by molar-refractivity contribution is 5.87. The van der Waals surface area contributed by atoms with Crippen molar-refractivity contribution in [2.75, 3.05) is 26.2 Å². The highest BCUT2D eigenvalue weighted by Crippen LogP contribution is 2.35. The first-order valence-electron chi connectivity index (χ1n) is 10.7. The molecule has 0 radical (unpaired) electrons. The maximum absolute atomic E-state index is 12.9. The predicted molar refractivity (Wildman–Crippen MR) is 116 cm³/mol. The Morgan fingerprint density at radius 1 is 0.867 bits per heavy atom. The van der Waals surface area contributed by atoms with E-state index in [2.05, 4.69) is 53.4 Å². The van der Waals surface area contributed by atoms with E-state index in [4.69, 9.17) is 4.74 Å². The molecule has 0 aromatic heterocycles. The van der Waals surface area contributed by atoms with Gasteiger partial charge in [-0.3, -0.25) is 9.69 Å². The Bertz CT molecular complexity index is 834. The van der Waals surface area contributed by atoms with E-state index >= 15 is 0 Å². The van der Waals surface area contributed by atoms with Crippen LogP contribution in [0.3, 0.4) is 0 Å². The summed E-state index contributed by atoms with van der Waals surface area (Å²) in [5, 5.41) is 0. The van der Waals surface area contributed by atoms with E-state index in [9.17, 15) is 9.59 Å². The molecule has 2 aromatic carbocycles. The lowest BCUT2D eigenvalue weighted by atomic mass is 9.81. The molecule has 0 spiro atoms. The van der Waals surface area contributed by atoms with Crippen LogP contribution in [0, 0.1) is 11.8 Å². The Kier molecular flexibility index (Phi) is 5.65. The lowest BCUT2D eigenvalue weighted by molar-refractivity contribution is -0.137. The van der Waals surface area contributed by atoms with Crippen molar-refractivity contribution in [1.82, 2.24) is 9.80 Å². The summed E-state index contributed by atoms with van der Waals surface area (Å²) < 4.78 is 5.55. The second-order valence-corrected chi connectivity index (χ2v) is 9.36. The summed E-state index contributed by atoms with van der Waals surface area (Å²) >= 11 is 0. The summed E-state index contributed by atoms with van der Waals surface area (Å²) in [7, 11) is 0. The normalized spacial score (nSPS) is 22.3. The van der Waals surface area contributed by atoms with Crippen molar-refractivity contribution >= 4 is 11.9 Å². The third kappa shape index (κ3) is 4.41. The van der Waals surface area contributed by atoms with Crippen molar-refractivity contribution < 1.29 is 14.3 Å². The smallest absolute Gasteiger partial charge is 0.410 e. The maximum Gasteiger partial charge on any atom is 0.410 e. The summed E-state index contributed by atoms with van der Waals surface area (Å²) in [6, 6.07) is 21.0. The number of amides is 1. The molecular formula is C25H30N2O3. The molecule has 2 bridgehead atoms. The number of hydrogen-bond acceptors (Lipinski definition) is 4. The molecule has 0 saturated carbocycles. The lowest BCUT2D eigenvalue weighted by Crippen LogP contribution is -2.60. The van der Waals surface area contributed by atoms with Gasteiger partial charge in [0.1, 0.15) is 11.4 Å². The highest BCUT2D eigenvalue weighted by Gasteiger charge is 2.45. The Labute approximate surface area is 178 Å². The Morgan fingerprint density at radius 2 is 1.33 bits per heavy atom. The van der Waals surface area contributed by atoms with Gasteiger partial charge in [0.2, 0.25) is 0 Å². The third-order valence-electron chi connectivity index (χ3n) is 5.84. The molecule has 2 aliphatic rings. The molecule has 2 aliphatic heterocycles. The first-order valence-corrected chi connectivity index (χ1v) is 10.7. The first kappa shape index (κ1) is 20.6. The molecule has 5 heteroatoms. The predicted octanol–water partition coefficient (Wildman–Crippen LogP) is 4.14. The molecule has 0 unspecified atom stereocenters. The summed E-state index contributed by atoms with van der Waals surface area (Å²) in [4.78, 5) is 29.6. The van der Waals surface area contributed by atoms with Gasteiger partial charge in [-0.2, -0.15) is 0 Å². The number of carbonyl (C=O) groups excluding carboxylic acids is 2. The van der Waals surface area contributed by atoms with Crippen molar-refractivity contribution in [1.29, 1.82) is 0 Å². The van der Waals surface area contributed by atoms with Crippen LogP contribution in [0.5, 0.6) is 0 Å². The van der Waals surface area contributed by atoms with E-state index in [0.29, 0.717) is 26.2 Å². The van der Waals surface area contributed by atoms with Crippen molar-refractivity contribution in [3.8, 4) is 0 Å². The van der Waals surface area contributed by atoms with E-state index in [1.807, 2.05) is 32.9 Å². The molecule has 4 rings (SSSR count). The van der Waals surface area contributed by atoms with Crippen LogP contribution in [0.1, 0.15) is 37.9 Å². The molecule has 30 heavy (non-hydrogen) atoms. The average Bonchev–Trinajstić information content (AvgIpc) is 2.69. The number of nitrogens with zero attached hydrogens (tertiary/aromatic N) is 2. The van der Waals surface area contributed by atoms with Gasteiger partial charge in [-0.25, -0.2) is 4.79 Å². The Balaban J connectivity index is 1.57. The van der Waals surface area contributed by atoms with E-state index in [0.717, 1.165) is 0 Å². The fraction of sp³-hybridized carbons (Fsp3) is 0.440. The number of carbonyl (C=O) groups is 2. The van der Waals surface area contributed by atoms with Gasteiger partial charge in [-0.15, -0.1) is 0 Å². The molecule has 0 aliphatic carbocycles. The van der Waals surface area contributed by atoms with Crippen LogP contribution in [0.15, 0.2) is 60.7 Å². The van der Waals surface area contributed by atoms with Gasteiger partial charge >= 0.3 is 6.09 Å². The zero-order chi connectivity index (χ0) is 21.3. The van der Waals surface area contributed by atoms with Crippen LogP contribution >= 0.6 is 0 Å². The largest absolute Gasteiger partial charge is 0.444 e. The van der Waals surface area contributed by atoms with E-state index in [1.165, 1.54) is 11.1 Å². The molecule has 2 atom stereocenters. The second kappa shape index (κ2) is 8.23. The van der Waals surface area contributed by atoms with Crippen molar-refractivity contribution in [3.05, 3.63) is 71.8 Å². The van der Waals surface area contributed by atoms with E-state index in [1.54, 1.807) is 4.90 Å². The minimum atomic E-state index is -0.536. The lowest BCUT2D eigenvalue weighted by Gasteiger charge is -2.47. The summed E-state index contributed by atoms with van der Waals surface area (Å²) in [6.07, 6.45) is -0.318. The number of benzene rings is 2. The van der Waals surface area contributed by atoms with Crippen LogP contribution in [0.4, 0.5) is 4.79 Å². The monoisotopic (exact) mass is 406 g/mol. The highest BCUT2D eigenvalue weighted by atomic mass is 16.6. The third-order valence-corrected chi connectivity index (χ3v) is 5.84. The van der Waals surface area contributed by atoms with Gasteiger partial charge in [0.25, 0.3) is 0 Å². The molecule has 158 valence electrons. The first-order chi connectivity index (χ1) is 14.3. The van der Waals surface area contributed by atoms with Crippen LogP contribution in [-0.4, -0.2) is 53.5 Å². The second-order valence-electron chi connectivity index (χ2n) is 9.36. The summed E-state index contributed by atoms with van der Waals surface area (Å²) in [6.45, 7) is 7.74. The van der Waals surface area contributed by atoms with Gasteiger partial charge in [0.05, 0.1) is 6.04 Å². The van der Waals surface area contributed by atoms with Crippen molar-refractivity contribution in [3.63, 3.8) is 0 Å². The van der Waals surface area contributed by atoms with Gasteiger partial charge in [-0.1, -0.05) is 60.7 Å². The van der Waals surface area contributed by atoms with E-state index < -0.39 is 5.60 Å². The van der Waals surface area contributed by atoms with Crippen LogP contribution in [-0.2, 0) is 9.53 Å². The average molecular weight is 407 g/mol. The van der Waals surface area contributed by atoms with Crippen molar-refractivity contribution in [2.45, 2.75) is 32.4 Å². The molecular weight excluding hydrogens is 376 g/mol. The fourth-order valence-corrected chi connectivity index (χ4v) is 4.63. The number of ketones is 1. The zero-order valence-electron chi connectivity index (χ0n) is 18.0. The number of rotatable bonds is 3. The number of piperidine rings is 2. The maximum atomic E-state index is 12.9. The molecule has 2 fully saturated rings. The van der Waals surface area contributed by atoms with Crippen LogP contribution < -0.4 is 0 Å². The van der Waals surface area contributed by atoms with E-state index in [-0.39, 0.29) is 29.8 Å². The number of fused-ring (bicyclic) bond motifs is 2. The van der Waals surface area contributed by atoms with Crippen LogP contribution in [0.2, 0.25) is 0 Å². The quantitative estimate of drug-likeness (QED) is 0.769. The summed E-state index contributed by atoms with van der Waals surface area (Å²) in [5.74, 6) is -0.0779. The number of hydrogen-bond donors (Lipinski definition) is 0. The van der Waals surface area contributed by atoms with Gasteiger partial charge < -0.3 is 9.64 Å². The Hall–Kier alpha value is -2.66. The molecule has 2 heterocycles. The molecule has 2 aromatic rings. The topological polar surface area (TPSA) is 49.9 Å². The number of Topliss-reactive ketones (excluding diaryl/α,β-unsaturated/α-hetero) is 1. The SMILES string of the molecule is CC(C)(C)OC(=O)N1C[C@@H]2CN(C(c3ccccc3)c3ccccc3)C[C@H](C1)C2=O. The molecule has 5 nitrogen and oxygen atoms in total. The minimum Gasteiger partial charge on any atom is -0.444 e. The van der Waals surface area contributed by atoms with Gasteiger partial charge in [-0.05, 0) is 31.9 Å².